The fourth-order valence-electron chi connectivity index (χ4n) is 2.46. The van der Waals surface area contributed by atoms with E-state index in [1.165, 1.54) is 0 Å². The second-order valence-electron chi connectivity index (χ2n) is 5.35. The van der Waals surface area contributed by atoms with Crippen LogP contribution < -0.4 is 5.32 Å². The van der Waals surface area contributed by atoms with E-state index in [1.54, 1.807) is 18.2 Å². The van der Waals surface area contributed by atoms with Crippen molar-refractivity contribution in [1.82, 2.24) is 0 Å². The second-order valence-corrected chi connectivity index (χ2v) is 5.79. The standard InChI is InChI=1S/C20H16ClNO/c1-14-9-11-17(21)13-19(14)22-20(23)12-10-16-7-4-6-15-5-2-3-8-18(15)16/h2-13H,1H3,(H,22,23). The van der Waals surface area contributed by atoms with Crippen LogP contribution in [0, 0.1) is 6.92 Å². The van der Waals surface area contributed by atoms with Gasteiger partial charge in [0, 0.05) is 16.8 Å². The molecule has 0 heterocycles. The number of anilines is 1. The maximum Gasteiger partial charge on any atom is 0.248 e. The lowest BCUT2D eigenvalue weighted by Gasteiger charge is -2.07. The molecular formula is C20H16ClNO. The molecule has 114 valence electrons. The van der Waals surface area contributed by atoms with Crippen molar-refractivity contribution in [2.24, 2.45) is 0 Å². The summed E-state index contributed by atoms with van der Waals surface area (Å²) in [5.74, 6) is -0.177. The molecule has 1 N–H and O–H groups in total. The van der Waals surface area contributed by atoms with E-state index >= 15 is 0 Å². The van der Waals surface area contributed by atoms with Crippen molar-refractivity contribution in [3.8, 4) is 0 Å². The van der Waals surface area contributed by atoms with Gasteiger partial charge in [-0.05, 0) is 47.0 Å². The number of nitrogens with one attached hydrogen (secondary N) is 1. The smallest absolute Gasteiger partial charge is 0.248 e. The summed E-state index contributed by atoms with van der Waals surface area (Å²) in [5.41, 5.74) is 2.72. The third-order valence-corrected chi connectivity index (χ3v) is 3.93. The van der Waals surface area contributed by atoms with Crippen LogP contribution in [-0.2, 0) is 4.79 Å². The first-order valence-corrected chi connectivity index (χ1v) is 7.74. The molecule has 0 aliphatic carbocycles. The summed E-state index contributed by atoms with van der Waals surface area (Å²) in [6.45, 7) is 1.93. The maximum absolute atomic E-state index is 12.1. The highest BCUT2D eigenvalue weighted by atomic mass is 35.5. The van der Waals surface area contributed by atoms with Crippen molar-refractivity contribution in [2.45, 2.75) is 6.92 Å². The number of aryl methyl sites for hydroxylation is 1. The molecule has 0 atom stereocenters. The third kappa shape index (κ3) is 3.61. The van der Waals surface area contributed by atoms with Gasteiger partial charge in [-0.3, -0.25) is 4.79 Å². The monoisotopic (exact) mass is 321 g/mol. The Bertz CT molecular complexity index is 894. The molecule has 0 spiro atoms. The number of fused-ring (bicyclic) bond motifs is 1. The molecule has 0 aliphatic heterocycles. The van der Waals surface area contributed by atoms with Crippen molar-refractivity contribution >= 4 is 40.0 Å². The average Bonchev–Trinajstić information content (AvgIpc) is 2.56. The summed E-state index contributed by atoms with van der Waals surface area (Å²) in [7, 11) is 0. The number of rotatable bonds is 3. The summed E-state index contributed by atoms with van der Waals surface area (Å²) >= 11 is 5.97. The molecule has 0 aliphatic rings. The molecule has 0 bridgehead atoms. The van der Waals surface area contributed by atoms with E-state index in [-0.39, 0.29) is 5.91 Å². The van der Waals surface area contributed by atoms with E-state index in [4.69, 9.17) is 11.6 Å². The van der Waals surface area contributed by atoms with Crippen LogP contribution in [-0.4, -0.2) is 5.91 Å². The van der Waals surface area contributed by atoms with Gasteiger partial charge in [-0.15, -0.1) is 0 Å². The van der Waals surface area contributed by atoms with Crippen LogP contribution in [0.5, 0.6) is 0 Å². The number of amides is 1. The lowest BCUT2D eigenvalue weighted by atomic mass is 10.0. The SMILES string of the molecule is Cc1ccc(Cl)cc1NC(=O)C=Cc1cccc2ccccc12. The Labute approximate surface area is 140 Å². The van der Waals surface area contributed by atoms with E-state index in [9.17, 15) is 4.79 Å². The summed E-state index contributed by atoms with van der Waals surface area (Å²) < 4.78 is 0. The largest absolute Gasteiger partial charge is 0.322 e. The fraction of sp³-hybridized carbons (Fsp3) is 0.0500. The lowest BCUT2D eigenvalue weighted by molar-refractivity contribution is -0.111. The van der Waals surface area contributed by atoms with Gasteiger partial charge in [0.15, 0.2) is 0 Å². The Morgan fingerprint density at radius 1 is 1.04 bits per heavy atom. The zero-order chi connectivity index (χ0) is 16.2. The summed E-state index contributed by atoms with van der Waals surface area (Å²) in [5, 5.41) is 5.74. The van der Waals surface area contributed by atoms with Crippen LogP contribution in [0.1, 0.15) is 11.1 Å². The number of carbonyl (C=O) groups is 1. The highest BCUT2D eigenvalue weighted by Crippen LogP contribution is 2.21. The van der Waals surface area contributed by atoms with E-state index < -0.39 is 0 Å². The zero-order valence-corrected chi connectivity index (χ0v) is 13.5. The van der Waals surface area contributed by atoms with E-state index in [0.29, 0.717) is 5.02 Å². The molecule has 3 aromatic rings. The van der Waals surface area contributed by atoms with Gasteiger partial charge < -0.3 is 5.32 Å². The van der Waals surface area contributed by atoms with Crippen molar-refractivity contribution in [3.05, 3.63) is 82.9 Å². The van der Waals surface area contributed by atoms with Gasteiger partial charge in [-0.2, -0.15) is 0 Å². The van der Waals surface area contributed by atoms with Crippen LogP contribution in [0.25, 0.3) is 16.8 Å². The van der Waals surface area contributed by atoms with Gasteiger partial charge in [-0.25, -0.2) is 0 Å². The molecule has 0 aromatic heterocycles. The quantitative estimate of drug-likeness (QED) is 0.638. The van der Waals surface area contributed by atoms with Crippen LogP contribution in [0.3, 0.4) is 0 Å². The average molecular weight is 322 g/mol. The Morgan fingerprint density at radius 2 is 1.83 bits per heavy atom. The highest BCUT2D eigenvalue weighted by Gasteiger charge is 2.03. The van der Waals surface area contributed by atoms with Gasteiger partial charge in [-0.1, -0.05) is 60.1 Å². The number of hydrogen-bond acceptors (Lipinski definition) is 1. The molecule has 3 rings (SSSR count). The summed E-state index contributed by atoms with van der Waals surface area (Å²) in [6.07, 6.45) is 3.37. The molecule has 0 radical (unpaired) electrons. The van der Waals surface area contributed by atoms with Gasteiger partial charge in [0.2, 0.25) is 5.91 Å². The fourth-order valence-corrected chi connectivity index (χ4v) is 2.64. The Kier molecular flexibility index (Phi) is 4.45. The minimum absolute atomic E-state index is 0.177. The zero-order valence-electron chi connectivity index (χ0n) is 12.7. The van der Waals surface area contributed by atoms with Crippen molar-refractivity contribution in [2.75, 3.05) is 5.32 Å². The first-order chi connectivity index (χ1) is 11.1. The van der Waals surface area contributed by atoms with Crippen molar-refractivity contribution in [1.29, 1.82) is 0 Å². The highest BCUT2D eigenvalue weighted by molar-refractivity contribution is 6.31. The van der Waals surface area contributed by atoms with Crippen LogP contribution in [0.4, 0.5) is 5.69 Å². The second kappa shape index (κ2) is 6.67. The topological polar surface area (TPSA) is 29.1 Å². The molecule has 0 saturated carbocycles. The molecule has 3 aromatic carbocycles. The Hall–Kier alpha value is -2.58. The number of carbonyl (C=O) groups excluding carboxylic acids is 1. The van der Waals surface area contributed by atoms with Crippen LogP contribution in [0.15, 0.2) is 66.7 Å². The number of halogens is 1. The van der Waals surface area contributed by atoms with E-state index in [2.05, 4.69) is 17.4 Å². The van der Waals surface area contributed by atoms with Gasteiger partial charge in [0.1, 0.15) is 0 Å². The molecule has 0 saturated heterocycles. The van der Waals surface area contributed by atoms with Crippen molar-refractivity contribution < 1.29 is 4.79 Å². The molecular weight excluding hydrogens is 306 g/mol. The first kappa shape index (κ1) is 15.3. The molecule has 1 amide bonds. The molecule has 3 heteroatoms. The maximum atomic E-state index is 12.1. The van der Waals surface area contributed by atoms with Gasteiger partial charge in [0.05, 0.1) is 0 Å². The van der Waals surface area contributed by atoms with Gasteiger partial charge >= 0.3 is 0 Å². The predicted molar refractivity (Wildman–Crippen MR) is 97.8 cm³/mol. The van der Waals surface area contributed by atoms with E-state index in [1.807, 2.05) is 49.4 Å². The first-order valence-electron chi connectivity index (χ1n) is 7.36. The predicted octanol–water partition coefficient (Wildman–Crippen LogP) is 5.45. The van der Waals surface area contributed by atoms with Crippen LogP contribution >= 0.6 is 11.6 Å². The van der Waals surface area contributed by atoms with E-state index in [0.717, 1.165) is 27.6 Å². The minimum atomic E-state index is -0.177. The van der Waals surface area contributed by atoms with Crippen LogP contribution in [0.2, 0.25) is 5.02 Å². The lowest BCUT2D eigenvalue weighted by Crippen LogP contribution is -2.08. The molecule has 0 unspecified atom stereocenters. The molecule has 2 nitrogen and oxygen atoms in total. The Balaban J connectivity index is 1.82. The minimum Gasteiger partial charge on any atom is -0.322 e. The summed E-state index contributed by atoms with van der Waals surface area (Å²) in [4.78, 5) is 12.1. The number of benzene rings is 3. The van der Waals surface area contributed by atoms with Crippen molar-refractivity contribution in [3.63, 3.8) is 0 Å². The summed E-state index contributed by atoms with van der Waals surface area (Å²) in [6, 6.07) is 19.6. The third-order valence-electron chi connectivity index (χ3n) is 3.70. The number of hydrogen-bond donors (Lipinski definition) is 1. The normalized spacial score (nSPS) is 11.0. The molecule has 23 heavy (non-hydrogen) atoms. The molecule has 0 fully saturated rings. The van der Waals surface area contributed by atoms with Gasteiger partial charge in [0.25, 0.3) is 0 Å². The Morgan fingerprint density at radius 3 is 2.70 bits per heavy atom.